The fraction of sp³-hybridized carbons (Fsp3) is 0.0833. The highest BCUT2D eigenvalue weighted by Crippen LogP contribution is 2.23. The number of carbonyl (C=O) groups excluding carboxylic acids is 1. The molecule has 1 heterocycles. The monoisotopic (exact) mass is 326 g/mol. The van der Waals surface area contributed by atoms with E-state index in [1.807, 2.05) is 11.4 Å². The van der Waals surface area contributed by atoms with Gasteiger partial charge in [-0.05, 0) is 45.6 Å². The minimum absolute atomic E-state index is 0.120. The fourth-order valence-electron chi connectivity index (χ4n) is 1.46. The molecule has 0 aliphatic carbocycles. The molecule has 0 aliphatic heterocycles. The van der Waals surface area contributed by atoms with Gasteiger partial charge in [-0.1, -0.05) is 0 Å². The van der Waals surface area contributed by atoms with Crippen molar-refractivity contribution in [1.82, 2.24) is 5.32 Å². The average Bonchev–Trinajstić information content (AvgIpc) is 2.76. The summed E-state index contributed by atoms with van der Waals surface area (Å²) in [4.78, 5) is 12.5. The van der Waals surface area contributed by atoms with Gasteiger partial charge in [0.05, 0.1) is 0 Å². The number of halogens is 1. The summed E-state index contributed by atoms with van der Waals surface area (Å²) in [6, 6.07) is 6.57. The molecule has 0 aliphatic rings. The van der Waals surface area contributed by atoms with Crippen LogP contribution in [-0.2, 0) is 6.54 Å². The number of carbonyl (C=O) groups is 1. The van der Waals surface area contributed by atoms with Gasteiger partial charge < -0.3 is 16.2 Å². The lowest BCUT2D eigenvalue weighted by Gasteiger charge is -2.07. The van der Waals surface area contributed by atoms with Crippen LogP contribution in [0.15, 0.2) is 34.1 Å². The van der Waals surface area contributed by atoms with Crippen molar-refractivity contribution < 1.29 is 9.90 Å². The Bertz CT molecular complexity index is 583. The van der Waals surface area contributed by atoms with Crippen LogP contribution in [-0.4, -0.2) is 11.0 Å². The Balaban J connectivity index is 2.06. The molecule has 0 fully saturated rings. The van der Waals surface area contributed by atoms with Crippen molar-refractivity contribution in [3.8, 4) is 5.75 Å². The van der Waals surface area contributed by atoms with E-state index in [0.717, 1.165) is 4.47 Å². The third kappa shape index (κ3) is 2.83. The molecule has 1 amide bonds. The summed E-state index contributed by atoms with van der Waals surface area (Å²) < 4.78 is 0.766. The first kappa shape index (κ1) is 12.9. The van der Waals surface area contributed by atoms with Crippen LogP contribution in [0, 0.1) is 0 Å². The smallest absolute Gasteiger partial charge is 0.262 e. The maximum absolute atomic E-state index is 11.9. The average molecular weight is 327 g/mol. The van der Waals surface area contributed by atoms with E-state index in [-0.39, 0.29) is 18.2 Å². The van der Waals surface area contributed by atoms with E-state index in [9.17, 15) is 9.90 Å². The molecular formula is C12H11BrN2O2S. The molecular weight excluding hydrogens is 316 g/mol. The molecule has 0 unspecified atom stereocenters. The van der Waals surface area contributed by atoms with E-state index in [1.165, 1.54) is 17.4 Å². The molecule has 0 saturated heterocycles. The normalized spacial score (nSPS) is 10.3. The summed E-state index contributed by atoms with van der Waals surface area (Å²) in [5.41, 5.74) is 6.77. The van der Waals surface area contributed by atoms with Crippen molar-refractivity contribution in [2.45, 2.75) is 6.54 Å². The van der Waals surface area contributed by atoms with Crippen molar-refractivity contribution in [2.24, 2.45) is 0 Å². The van der Waals surface area contributed by atoms with Gasteiger partial charge in [0.2, 0.25) is 0 Å². The number of hydrogen-bond acceptors (Lipinski definition) is 4. The summed E-state index contributed by atoms with van der Waals surface area (Å²) in [7, 11) is 0. The van der Waals surface area contributed by atoms with Crippen LogP contribution in [0.4, 0.5) is 5.69 Å². The predicted octanol–water partition coefficient (Wildman–Crippen LogP) is 2.73. The van der Waals surface area contributed by atoms with E-state index >= 15 is 0 Å². The minimum atomic E-state index is -0.182. The number of anilines is 1. The molecule has 0 bridgehead atoms. The van der Waals surface area contributed by atoms with Gasteiger partial charge in [0.15, 0.2) is 0 Å². The molecule has 4 nitrogen and oxygen atoms in total. The van der Waals surface area contributed by atoms with Gasteiger partial charge in [-0.15, -0.1) is 11.3 Å². The topological polar surface area (TPSA) is 75.3 Å². The standard InChI is InChI=1S/C12H11BrN2O2S/c13-9-3-4-18-11(9)12(17)15-6-7-5-8(14)1-2-10(7)16/h1-5,16H,6,14H2,(H,15,17). The lowest BCUT2D eigenvalue weighted by Crippen LogP contribution is -2.22. The maximum atomic E-state index is 11.9. The minimum Gasteiger partial charge on any atom is -0.508 e. The molecule has 6 heteroatoms. The molecule has 1 aromatic heterocycles. The molecule has 1 aromatic carbocycles. The first-order chi connectivity index (χ1) is 8.58. The second-order valence-corrected chi connectivity index (χ2v) is 5.44. The Kier molecular flexibility index (Phi) is 3.88. The molecule has 2 aromatic rings. The number of nitrogen functional groups attached to an aromatic ring is 1. The van der Waals surface area contributed by atoms with E-state index in [1.54, 1.807) is 12.1 Å². The molecule has 0 atom stereocenters. The van der Waals surface area contributed by atoms with Crippen LogP contribution in [0.25, 0.3) is 0 Å². The second-order valence-electron chi connectivity index (χ2n) is 3.67. The van der Waals surface area contributed by atoms with Gasteiger partial charge in [-0.3, -0.25) is 4.79 Å². The zero-order valence-corrected chi connectivity index (χ0v) is 11.7. The maximum Gasteiger partial charge on any atom is 0.262 e. The van der Waals surface area contributed by atoms with Crippen LogP contribution < -0.4 is 11.1 Å². The largest absolute Gasteiger partial charge is 0.508 e. The number of nitrogens with two attached hydrogens (primary N) is 1. The van der Waals surface area contributed by atoms with Crippen molar-refractivity contribution in [2.75, 3.05) is 5.73 Å². The van der Waals surface area contributed by atoms with Crippen molar-refractivity contribution >= 4 is 38.9 Å². The molecule has 0 radical (unpaired) electrons. The number of benzene rings is 1. The Morgan fingerprint density at radius 1 is 1.44 bits per heavy atom. The number of aromatic hydroxyl groups is 1. The summed E-state index contributed by atoms with van der Waals surface area (Å²) in [6.07, 6.45) is 0. The molecule has 4 N–H and O–H groups in total. The van der Waals surface area contributed by atoms with Crippen molar-refractivity contribution in [3.63, 3.8) is 0 Å². The number of phenolic OH excluding ortho intramolecular Hbond substituents is 1. The van der Waals surface area contributed by atoms with Gasteiger partial charge >= 0.3 is 0 Å². The second kappa shape index (κ2) is 5.41. The van der Waals surface area contributed by atoms with Crippen LogP contribution in [0.3, 0.4) is 0 Å². The number of thiophene rings is 1. The van der Waals surface area contributed by atoms with E-state index in [0.29, 0.717) is 16.1 Å². The van der Waals surface area contributed by atoms with Gasteiger partial charge in [0, 0.05) is 22.3 Å². The van der Waals surface area contributed by atoms with Crippen LogP contribution >= 0.6 is 27.3 Å². The zero-order chi connectivity index (χ0) is 13.1. The Morgan fingerprint density at radius 3 is 2.89 bits per heavy atom. The lowest BCUT2D eigenvalue weighted by atomic mass is 10.2. The Morgan fingerprint density at radius 2 is 2.22 bits per heavy atom. The highest BCUT2D eigenvalue weighted by Gasteiger charge is 2.11. The first-order valence-electron chi connectivity index (χ1n) is 5.16. The SMILES string of the molecule is Nc1ccc(O)c(CNC(=O)c2sccc2Br)c1. The summed E-state index contributed by atoms with van der Waals surface area (Å²) in [5, 5.41) is 14.2. The molecule has 2 rings (SSSR count). The van der Waals surface area contributed by atoms with Gasteiger partial charge in [-0.2, -0.15) is 0 Å². The van der Waals surface area contributed by atoms with E-state index < -0.39 is 0 Å². The van der Waals surface area contributed by atoms with Gasteiger partial charge in [0.25, 0.3) is 5.91 Å². The van der Waals surface area contributed by atoms with Gasteiger partial charge in [-0.25, -0.2) is 0 Å². The third-order valence-corrected chi connectivity index (χ3v) is 4.20. The summed E-state index contributed by atoms with van der Waals surface area (Å²) in [6.45, 7) is 0.236. The van der Waals surface area contributed by atoms with Crippen molar-refractivity contribution in [3.05, 3.63) is 44.6 Å². The number of amides is 1. The fourth-order valence-corrected chi connectivity index (χ4v) is 2.93. The summed E-state index contributed by atoms with van der Waals surface area (Å²) in [5.74, 6) is -0.0616. The quantitative estimate of drug-likeness (QED) is 0.599. The lowest BCUT2D eigenvalue weighted by molar-refractivity contribution is 0.0954. The molecule has 94 valence electrons. The zero-order valence-electron chi connectivity index (χ0n) is 9.31. The highest BCUT2D eigenvalue weighted by molar-refractivity contribution is 9.10. The van der Waals surface area contributed by atoms with Crippen LogP contribution in [0.2, 0.25) is 0 Å². The predicted molar refractivity (Wildman–Crippen MR) is 75.7 cm³/mol. The van der Waals surface area contributed by atoms with Gasteiger partial charge in [0.1, 0.15) is 10.6 Å². The third-order valence-electron chi connectivity index (χ3n) is 2.37. The van der Waals surface area contributed by atoms with Crippen LogP contribution in [0.5, 0.6) is 5.75 Å². The van der Waals surface area contributed by atoms with Crippen LogP contribution in [0.1, 0.15) is 15.2 Å². The molecule has 0 saturated carbocycles. The highest BCUT2D eigenvalue weighted by atomic mass is 79.9. The Labute approximate surface area is 117 Å². The number of phenols is 1. The van der Waals surface area contributed by atoms with E-state index in [2.05, 4.69) is 21.2 Å². The van der Waals surface area contributed by atoms with E-state index in [4.69, 9.17) is 5.73 Å². The number of rotatable bonds is 3. The molecule has 18 heavy (non-hydrogen) atoms. The first-order valence-corrected chi connectivity index (χ1v) is 6.84. The summed E-state index contributed by atoms with van der Waals surface area (Å²) >= 11 is 4.65. The van der Waals surface area contributed by atoms with Crippen molar-refractivity contribution in [1.29, 1.82) is 0 Å². The number of hydrogen-bond donors (Lipinski definition) is 3. The Hall–Kier alpha value is -1.53. The molecule has 0 spiro atoms. The number of nitrogens with one attached hydrogen (secondary N) is 1.